The van der Waals surface area contributed by atoms with E-state index in [1.807, 2.05) is 0 Å². The van der Waals surface area contributed by atoms with Crippen LogP contribution in [0.15, 0.2) is 0 Å². The monoisotopic (exact) mass is 665 g/mol. The smallest absolute Gasteiger partial charge is 0 e. The average Bonchev–Trinajstić information content (AvgIpc) is 1.00. The fourth-order valence-electron chi connectivity index (χ4n) is 0. The summed E-state index contributed by atoms with van der Waals surface area (Å²) in [6, 6.07) is 0. The molecule has 6 heavy (non-hydrogen) atoms. The molecule has 0 amide bonds. The number of hydrogen-bond donors (Lipinski definition) is 0. The van der Waals surface area contributed by atoms with E-state index in [9.17, 15) is 0 Å². The van der Waals surface area contributed by atoms with Gasteiger partial charge in [-0.05, 0) is 0 Å². The first-order chi connectivity index (χ1) is 1.00. The van der Waals surface area contributed by atoms with Gasteiger partial charge in [0.2, 0.25) is 0 Å². The maximum atomic E-state index is 2.06. The van der Waals surface area contributed by atoms with E-state index in [-0.39, 0.29) is 93.8 Å². The summed E-state index contributed by atoms with van der Waals surface area (Å²) in [4.78, 5) is 0. The van der Waals surface area contributed by atoms with E-state index in [2.05, 4.69) is 6.20 Å². The van der Waals surface area contributed by atoms with Gasteiger partial charge in [0.05, 0.1) is 0 Å². The van der Waals surface area contributed by atoms with E-state index in [1.165, 1.54) is 0 Å². The quantitative estimate of drug-likeness (QED) is 0.295. The van der Waals surface area contributed by atoms with Crippen molar-refractivity contribution in [3.05, 3.63) is 0 Å². The number of rotatable bonds is 0. The van der Waals surface area contributed by atoms with Crippen LogP contribution in [0, 0.1) is 38.6 Å². The third-order valence-corrected chi connectivity index (χ3v) is 0. The van der Waals surface area contributed by atoms with Crippen molar-refractivity contribution in [2.24, 2.45) is 0 Å². The van der Waals surface area contributed by atoms with Crippen LogP contribution in [0.1, 0.15) is 0 Å². The van der Waals surface area contributed by atoms with E-state index in [0.717, 1.165) is 0 Å². The molecule has 0 aliphatic carbocycles. The largest absolute Gasteiger partial charge is 0 e. The van der Waals surface area contributed by atoms with Crippen molar-refractivity contribution in [1.29, 1.82) is 0 Å². The van der Waals surface area contributed by atoms with E-state index in [1.54, 1.807) is 19.0 Å². The molecule has 0 saturated carbocycles. The molecule has 0 nitrogen and oxygen atoms in total. The van der Waals surface area contributed by atoms with E-state index in [0.29, 0.717) is 0 Å². The third kappa shape index (κ3) is 25.1. The maximum absolute atomic E-state index is 2.06. The summed E-state index contributed by atoms with van der Waals surface area (Å²) >= 11 is 1.72. The first kappa shape index (κ1) is 33.1. The molecule has 0 spiro atoms. The molecular weight excluding hydrogens is 662 g/mol. The summed E-state index contributed by atoms with van der Waals surface area (Å²) in [5.41, 5.74) is 0. The van der Waals surface area contributed by atoms with E-state index < -0.39 is 0 Å². The zero-order chi connectivity index (χ0) is 2.00. The summed E-state index contributed by atoms with van der Waals surface area (Å²) < 4.78 is 0. The molecule has 0 heterocycles. The Morgan fingerprint density at radius 2 is 1.17 bits per heavy atom. The Morgan fingerprint density at radius 3 is 1.17 bits per heavy atom. The molecule has 0 aliphatic rings. The van der Waals surface area contributed by atoms with Gasteiger partial charge in [-0.25, -0.2) is 0 Å². The zero-order valence-electron chi connectivity index (χ0n) is 2.77. The molecule has 2 radical (unpaired) electrons. The molecule has 0 aliphatic heterocycles. The van der Waals surface area contributed by atoms with Gasteiger partial charge in [-0.3, -0.25) is 0 Å². The fourth-order valence-corrected chi connectivity index (χ4v) is 0. The Bertz CT molecular complexity index is 15.5. The normalized spacial score (nSPS) is 0.833. The molecule has 0 rings (SSSR count). The Labute approximate surface area is 116 Å². The second-order valence-electron chi connectivity index (χ2n) is 0. The summed E-state index contributed by atoms with van der Waals surface area (Å²) in [5.74, 6) is 0. The van der Waals surface area contributed by atoms with Gasteiger partial charge in [-0.15, -0.1) is 0 Å². The van der Waals surface area contributed by atoms with Crippen molar-refractivity contribution < 1.29 is 113 Å². The summed E-state index contributed by atoms with van der Waals surface area (Å²) in [5, 5.41) is 0. The van der Waals surface area contributed by atoms with Crippen LogP contribution >= 0.6 is 0 Å². The van der Waals surface area contributed by atoms with Gasteiger partial charge in [-0.1, -0.05) is 0 Å². The minimum Gasteiger partial charge on any atom is 0 e. The van der Waals surface area contributed by atoms with Gasteiger partial charge < -0.3 is 0 Å². The fraction of sp³-hybridized carbons (Fsp3) is 0. The average molecular weight is 664 g/mol. The molecule has 0 fully saturated rings. The number of hydrogen-bond acceptors (Lipinski definition) is 0. The van der Waals surface area contributed by atoms with Gasteiger partial charge in [0.25, 0.3) is 0 Å². The Balaban J connectivity index is -0.000000000833. The standard InChI is InChI=1S/BH2.Co.Cr.Pt.Re.Tb/h1H2;;;;;/q+1;;;;-1;. The van der Waals surface area contributed by atoms with Crippen LogP contribution in [0.4, 0.5) is 0 Å². The Kier molecular flexibility index (Phi) is 207. The minimum atomic E-state index is 0. The molecule has 0 N–H and O–H groups in total. The van der Waals surface area contributed by atoms with Crippen molar-refractivity contribution in [1.82, 2.24) is 0 Å². The Morgan fingerprint density at radius 1 is 1.17 bits per heavy atom. The van der Waals surface area contributed by atoms with Crippen LogP contribution in [-0.2, 0) is 74.2 Å². The van der Waals surface area contributed by atoms with Crippen LogP contribution in [0.2, 0.25) is 0 Å². The van der Waals surface area contributed by atoms with Crippen molar-refractivity contribution >= 4 is 6.20 Å². The first-order valence-electron chi connectivity index (χ1n) is 0.378. The van der Waals surface area contributed by atoms with Gasteiger partial charge in [0.1, 0.15) is 0 Å². The molecule has 0 unspecified atom stereocenters. The maximum Gasteiger partial charge on any atom is 0 e. The minimum absolute atomic E-state index is 0. The third-order valence-electron chi connectivity index (χ3n) is 0. The second kappa shape index (κ2) is 37.4. The predicted molar refractivity (Wildman–Crippen MR) is 8.54 cm³/mol. The van der Waals surface area contributed by atoms with Crippen molar-refractivity contribution in [2.45, 2.75) is 0 Å². The van der Waals surface area contributed by atoms with Crippen molar-refractivity contribution in [3.63, 3.8) is 0 Å². The second-order valence-corrected chi connectivity index (χ2v) is 0. The van der Waals surface area contributed by atoms with E-state index in [4.69, 9.17) is 0 Å². The Hall–Kier alpha value is 3.74. The topological polar surface area (TPSA) is 0 Å². The molecule has 0 aromatic carbocycles. The summed E-state index contributed by atoms with van der Waals surface area (Å²) in [6.45, 7) is 0. The first-order valence-corrected chi connectivity index (χ1v) is 3.09. The van der Waals surface area contributed by atoms with Crippen molar-refractivity contribution in [3.8, 4) is 0 Å². The molecule has 46 valence electrons. The van der Waals surface area contributed by atoms with Gasteiger partial charge in [0, 0.05) is 93.8 Å². The molecule has 0 saturated heterocycles. The van der Waals surface area contributed by atoms with Crippen LogP contribution in [0.25, 0.3) is 0 Å². The van der Waals surface area contributed by atoms with Gasteiger partial charge in [-0.2, -0.15) is 0 Å². The zero-order valence-corrected chi connectivity index (χ0v) is 12.2. The predicted octanol–water partition coefficient (Wildman–Crippen LogP) is -0.926. The van der Waals surface area contributed by atoms with Crippen LogP contribution in [0.3, 0.4) is 0 Å². The van der Waals surface area contributed by atoms with Crippen molar-refractivity contribution in [2.75, 3.05) is 0 Å². The van der Waals surface area contributed by atoms with Crippen LogP contribution in [0.5, 0.6) is 0 Å². The molecule has 0 aromatic heterocycles. The summed E-state index contributed by atoms with van der Waals surface area (Å²) in [6.07, 6.45) is 2.06. The molecule has 0 atom stereocenters. The van der Waals surface area contributed by atoms with Gasteiger partial charge >= 0.3 is 25.2 Å². The van der Waals surface area contributed by atoms with E-state index >= 15 is 0 Å². The summed E-state index contributed by atoms with van der Waals surface area (Å²) in [7, 11) is 0. The van der Waals surface area contributed by atoms with Crippen LogP contribution in [-0.4, -0.2) is 6.20 Å². The van der Waals surface area contributed by atoms with Crippen LogP contribution < -0.4 is 0 Å². The molecule has 0 aromatic rings. The SMILES string of the molecule is [BH2][Re].[Co].[Cr].[Pt].[Tb]. The molecular formula is H2BCoCrPtReTb. The van der Waals surface area contributed by atoms with Gasteiger partial charge in [0.15, 0.2) is 0 Å². The molecule has 6 heteroatoms. The molecule has 0 bridgehead atoms.